The molecule has 0 radical (unpaired) electrons. The van der Waals surface area contributed by atoms with Gasteiger partial charge in [0.2, 0.25) is 0 Å². The van der Waals surface area contributed by atoms with Crippen LogP contribution >= 0.6 is 0 Å². The molecule has 17 heavy (non-hydrogen) atoms. The van der Waals surface area contributed by atoms with E-state index in [1.54, 1.807) is 0 Å². The van der Waals surface area contributed by atoms with Crippen molar-refractivity contribution in [1.29, 1.82) is 0 Å². The highest BCUT2D eigenvalue weighted by Gasteiger charge is 2.38. The zero-order valence-corrected chi connectivity index (χ0v) is 11.6. The summed E-state index contributed by atoms with van der Waals surface area (Å²) in [5.74, 6) is 0.741. The Morgan fingerprint density at radius 3 is 2.00 bits per heavy atom. The van der Waals surface area contributed by atoms with Crippen LogP contribution in [0.2, 0.25) is 0 Å². The molecule has 1 aliphatic rings. The Hall–Kier alpha value is -0.820. The van der Waals surface area contributed by atoms with E-state index in [9.17, 15) is 0 Å². The normalized spacial score (nSPS) is 20.1. The average Bonchev–Trinajstić information content (AvgIpc) is 2.99. The van der Waals surface area contributed by atoms with Crippen molar-refractivity contribution in [3.8, 4) is 0 Å². The minimum absolute atomic E-state index is 0.0107. The minimum atomic E-state index is -0.0107. The topological polar surface area (TPSA) is 26.0 Å². The fraction of sp³-hybridized carbons (Fsp3) is 0.625. The summed E-state index contributed by atoms with van der Waals surface area (Å²) >= 11 is 0. The lowest BCUT2D eigenvalue weighted by Gasteiger charge is -2.25. The second-order valence-electron chi connectivity index (χ2n) is 6.90. The van der Waals surface area contributed by atoms with E-state index in [0.717, 1.165) is 12.3 Å². The molecule has 1 saturated carbocycles. The molecular formula is C16H25N. The molecule has 0 amide bonds. The van der Waals surface area contributed by atoms with Gasteiger partial charge >= 0.3 is 0 Å². The summed E-state index contributed by atoms with van der Waals surface area (Å²) in [6, 6.07) is 8.98. The predicted octanol–water partition coefficient (Wildman–Crippen LogP) is 3.65. The molecule has 0 bridgehead atoms. The zero-order valence-electron chi connectivity index (χ0n) is 11.6. The third kappa shape index (κ3) is 3.10. The van der Waals surface area contributed by atoms with E-state index in [0.29, 0.717) is 0 Å². The first kappa shape index (κ1) is 12.6. The lowest BCUT2D eigenvalue weighted by Crippen LogP contribution is -2.40. The molecule has 94 valence electrons. The van der Waals surface area contributed by atoms with Gasteiger partial charge in [0.1, 0.15) is 0 Å². The average molecular weight is 231 g/mol. The summed E-state index contributed by atoms with van der Waals surface area (Å²) in [6.45, 7) is 8.94. The largest absolute Gasteiger partial charge is 0.325 e. The first-order valence-corrected chi connectivity index (χ1v) is 6.67. The van der Waals surface area contributed by atoms with Crippen molar-refractivity contribution in [2.75, 3.05) is 0 Å². The Kier molecular flexibility index (Phi) is 3.07. The standard InChI is InChI=1S/C16H25N/c1-15(2,3)13-7-5-12(6-8-13)11-16(4,17)14-9-10-14/h5-8,14H,9-11,17H2,1-4H3. The minimum Gasteiger partial charge on any atom is -0.325 e. The van der Waals surface area contributed by atoms with Crippen LogP contribution in [0.3, 0.4) is 0 Å². The van der Waals surface area contributed by atoms with Crippen molar-refractivity contribution in [1.82, 2.24) is 0 Å². The fourth-order valence-electron chi connectivity index (χ4n) is 2.45. The summed E-state index contributed by atoms with van der Waals surface area (Å²) in [5, 5.41) is 0. The molecular weight excluding hydrogens is 206 g/mol. The van der Waals surface area contributed by atoms with Gasteiger partial charge in [-0.3, -0.25) is 0 Å². The number of hydrogen-bond donors (Lipinski definition) is 1. The summed E-state index contributed by atoms with van der Waals surface area (Å²) in [7, 11) is 0. The van der Waals surface area contributed by atoms with Crippen LogP contribution in [-0.4, -0.2) is 5.54 Å². The third-order valence-corrected chi connectivity index (χ3v) is 3.91. The molecule has 0 heterocycles. The molecule has 0 aliphatic heterocycles. The van der Waals surface area contributed by atoms with Gasteiger partial charge in [0.15, 0.2) is 0 Å². The van der Waals surface area contributed by atoms with Crippen molar-refractivity contribution in [3.63, 3.8) is 0 Å². The summed E-state index contributed by atoms with van der Waals surface area (Å²) in [6.07, 6.45) is 3.63. The summed E-state index contributed by atoms with van der Waals surface area (Å²) in [4.78, 5) is 0. The van der Waals surface area contributed by atoms with Crippen molar-refractivity contribution in [2.24, 2.45) is 11.7 Å². The predicted molar refractivity (Wildman–Crippen MR) is 74.2 cm³/mol. The number of hydrogen-bond acceptors (Lipinski definition) is 1. The van der Waals surface area contributed by atoms with Crippen LogP contribution in [0.5, 0.6) is 0 Å². The van der Waals surface area contributed by atoms with E-state index in [2.05, 4.69) is 52.0 Å². The fourth-order valence-corrected chi connectivity index (χ4v) is 2.45. The van der Waals surface area contributed by atoms with Crippen LogP contribution < -0.4 is 5.73 Å². The lowest BCUT2D eigenvalue weighted by molar-refractivity contribution is 0.406. The van der Waals surface area contributed by atoms with Crippen LogP contribution in [0.1, 0.15) is 51.7 Å². The number of rotatable bonds is 3. The Morgan fingerprint density at radius 2 is 1.59 bits per heavy atom. The van der Waals surface area contributed by atoms with Crippen LogP contribution in [0.25, 0.3) is 0 Å². The Morgan fingerprint density at radius 1 is 1.06 bits per heavy atom. The van der Waals surface area contributed by atoms with E-state index in [4.69, 9.17) is 5.73 Å². The van der Waals surface area contributed by atoms with E-state index in [1.807, 2.05) is 0 Å². The molecule has 1 aromatic carbocycles. The molecule has 1 unspecified atom stereocenters. The Labute approximate surface area is 105 Å². The van der Waals surface area contributed by atoms with Crippen molar-refractivity contribution < 1.29 is 0 Å². The number of nitrogens with two attached hydrogens (primary N) is 1. The first-order chi connectivity index (χ1) is 7.79. The molecule has 1 fully saturated rings. The van der Waals surface area contributed by atoms with E-state index in [-0.39, 0.29) is 11.0 Å². The van der Waals surface area contributed by atoms with Crippen LogP contribution in [0.4, 0.5) is 0 Å². The van der Waals surface area contributed by atoms with Crippen LogP contribution in [-0.2, 0) is 11.8 Å². The molecule has 0 spiro atoms. The highest BCUT2D eigenvalue weighted by atomic mass is 14.8. The zero-order chi connectivity index (χ0) is 12.7. The van der Waals surface area contributed by atoms with Gasteiger partial charge in [-0.2, -0.15) is 0 Å². The highest BCUT2D eigenvalue weighted by Crippen LogP contribution is 2.39. The summed E-state index contributed by atoms with van der Waals surface area (Å²) < 4.78 is 0. The molecule has 1 aromatic rings. The van der Waals surface area contributed by atoms with Crippen molar-refractivity contribution >= 4 is 0 Å². The summed E-state index contributed by atoms with van der Waals surface area (Å²) in [5.41, 5.74) is 9.37. The van der Waals surface area contributed by atoms with Crippen LogP contribution in [0, 0.1) is 5.92 Å². The van der Waals surface area contributed by atoms with Gasteiger partial charge in [-0.15, -0.1) is 0 Å². The molecule has 2 rings (SSSR count). The van der Waals surface area contributed by atoms with Gasteiger partial charge in [0, 0.05) is 5.54 Å². The molecule has 1 aliphatic carbocycles. The van der Waals surface area contributed by atoms with Crippen molar-refractivity contribution in [3.05, 3.63) is 35.4 Å². The maximum Gasteiger partial charge on any atom is 0.0195 e. The maximum atomic E-state index is 6.38. The third-order valence-electron chi connectivity index (χ3n) is 3.91. The molecule has 1 atom stereocenters. The van der Waals surface area contributed by atoms with E-state index >= 15 is 0 Å². The molecule has 2 N–H and O–H groups in total. The lowest BCUT2D eigenvalue weighted by atomic mass is 9.84. The molecule has 1 nitrogen and oxygen atoms in total. The smallest absolute Gasteiger partial charge is 0.0195 e. The van der Waals surface area contributed by atoms with Gasteiger partial charge in [0.25, 0.3) is 0 Å². The quantitative estimate of drug-likeness (QED) is 0.844. The SMILES string of the molecule is CC(C)(C)c1ccc(CC(C)(N)C2CC2)cc1. The van der Waals surface area contributed by atoms with Gasteiger partial charge < -0.3 is 5.73 Å². The highest BCUT2D eigenvalue weighted by molar-refractivity contribution is 5.28. The van der Waals surface area contributed by atoms with E-state index in [1.165, 1.54) is 24.0 Å². The maximum absolute atomic E-state index is 6.38. The van der Waals surface area contributed by atoms with Gasteiger partial charge in [-0.1, -0.05) is 45.0 Å². The van der Waals surface area contributed by atoms with E-state index < -0.39 is 0 Å². The van der Waals surface area contributed by atoms with Gasteiger partial charge in [-0.25, -0.2) is 0 Å². The van der Waals surface area contributed by atoms with Gasteiger partial charge in [-0.05, 0) is 48.6 Å². The Bertz CT molecular complexity index is 377. The van der Waals surface area contributed by atoms with Gasteiger partial charge in [0.05, 0.1) is 0 Å². The molecule has 0 saturated heterocycles. The first-order valence-electron chi connectivity index (χ1n) is 6.67. The second-order valence-corrected chi connectivity index (χ2v) is 6.90. The number of benzene rings is 1. The monoisotopic (exact) mass is 231 g/mol. The molecule has 0 aromatic heterocycles. The molecule has 1 heteroatoms. The second kappa shape index (κ2) is 4.13. The van der Waals surface area contributed by atoms with Crippen LogP contribution in [0.15, 0.2) is 24.3 Å². The van der Waals surface area contributed by atoms with Crippen molar-refractivity contribution in [2.45, 2.75) is 57.9 Å². The Balaban J connectivity index is 2.08.